The number of hydrogen-bond acceptors (Lipinski definition) is 4. The summed E-state index contributed by atoms with van der Waals surface area (Å²) in [6.07, 6.45) is 3.60. The van der Waals surface area contributed by atoms with Gasteiger partial charge in [0.2, 0.25) is 5.91 Å². The van der Waals surface area contributed by atoms with Crippen molar-refractivity contribution in [1.82, 2.24) is 15.3 Å². The Morgan fingerprint density at radius 3 is 2.33 bits per heavy atom. The van der Waals surface area contributed by atoms with Crippen molar-refractivity contribution in [3.8, 4) is 6.07 Å². The van der Waals surface area contributed by atoms with Gasteiger partial charge in [-0.05, 0) is 35.4 Å². The molecular weight excluding hydrogens is 498 g/mol. The van der Waals surface area contributed by atoms with E-state index in [9.17, 15) is 14.9 Å². The van der Waals surface area contributed by atoms with Gasteiger partial charge >= 0.3 is 0 Å². The highest BCUT2D eigenvalue weighted by Gasteiger charge is 2.19. The van der Waals surface area contributed by atoms with E-state index < -0.39 is 6.04 Å². The summed E-state index contributed by atoms with van der Waals surface area (Å²) in [7, 11) is 0. The van der Waals surface area contributed by atoms with Crippen LogP contribution in [0, 0.1) is 11.3 Å². The summed E-state index contributed by atoms with van der Waals surface area (Å²) in [6.45, 7) is 0.532. The molecule has 40 heavy (non-hydrogen) atoms. The summed E-state index contributed by atoms with van der Waals surface area (Å²) in [5.41, 5.74) is 7.35. The fraction of sp³-hybridized carbons (Fsp3) is 0.0909. The zero-order valence-electron chi connectivity index (χ0n) is 21.7. The summed E-state index contributed by atoms with van der Waals surface area (Å²) >= 11 is 0. The second-order valence-corrected chi connectivity index (χ2v) is 9.30. The van der Waals surface area contributed by atoms with Gasteiger partial charge in [-0.15, -0.1) is 0 Å². The molecule has 0 aliphatic carbocycles. The van der Waals surface area contributed by atoms with E-state index in [1.165, 1.54) is 0 Å². The molecule has 1 heterocycles. The molecule has 0 saturated heterocycles. The number of fused-ring (bicyclic) bond motifs is 1. The van der Waals surface area contributed by atoms with Gasteiger partial charge in [-0.3, -0.25) is 9.59 Å². The Bertz CT molecular complexity index is 1700. The fourth-order valence-corrected chi connectivity index (χ4v) is 4.63. The second kappa shape index (κ2) is 12.4. The van der Waals surface area contributed by atoms with Crippen LogP contribution in [0.15, 0.2) is 120 Å². The van der Waals surface area contributed by atoms with E-state index >= 15 is 0 Å². The van der Waals surface area contributed by atoms with Gasteiger partial charge in [-0.25, -0.2) is 5.43 Å². The topological polar surface area (TPSA) is 99.3 Å². The molecule has 0 bridgehead atoms. The van der Waals surface area contributed by atoms with E-state index in [1.54, 1.807) is 30.5 Å². The highest BCUT2D eigenvalue weighted by Crippen LogP contribution is 2.22. The monoisotopic (exact) mass is 525 g/mol. The van der Waals surface area contributed by atoms with Crippen LogP contribution in [-0.2, 0) is 11.3 Å². The summed E-state index contributed by atoms with van der Waals surface area (Å²) < 4.78 is 2.07. The van der Waals surface area contributed by atoms with Crippen molar-refractivity contribution in [3.05, 3.63) is 143 Å². The molecule has 5 rings (SSSR count). The maximum absolute atomic E-state index is 12.9. The minimum Gasteiger partial charge on any atom is -0.345 e. The van der Waals surface area contributed by atoms with Gasteiger partial charge in [0, 0.05) is 34.8 Å². The van der Waals surface area contributed by atoms with Crippen molar-refractivity contribution < 1.29 is 9.59 Å². The normalized spacial score (nSPS) is 11.7. The molecule has 5 aromatic rings. The number of hydrazone groups is 1. The number of rotatable bonds is 9. The lowest BCUT2D eigenvalue weighted by atomic mass is 10.0. The number of aromatic nitrogens is 1. The Morgan fingerprint density at radius 2 is 1.55 bits per heavy atom. The molecule has 2 amide bonds. The number of nitriles is 1. The SMILES string of the molecule is N#Cc1ccccc1Cn1cc(/C=N\NC(=O)C[C@@H](NC(=O)c2ccccc2)c2ccccc2)c2ccccc21. The molecule has 0 unspecified atom stereocenters. The summed E-state index contributed by atoms with van der Waals surface area (Å²) in [6, 6.07) is 35.5. The minimum absolute atomic E-state index is 0.0205. The highest BCUT2D eigenvalue weighted by molar-refractivity contribution is 6.00. The van der Waals surface area contributed by atoms with Crippen LogP contribution >= 0.6 is 0 Å². The Hall–Kier alpha value is -5.48. The summed E-state index contributed by atoms with van der Waals surface area (Å²) in [5.74, 6) is -0.582. The second-order valence-electron chi connectivity index (χ2n) is 9.30. The standard InChI is InChI=1S/C33H27N5O2/c34-20-26-15-7-8-16-27(26)22-38-23-28(29-17-9-10-18-31(29)38)21-35-37-32(39)19-30(24-11-3-1-4-12-24)36-33(40)25-13-5-2-6-14-25/h1-18,21,23,30H,19,22H2,(H,36,40)(H,37,39)/b35-21-/t30-/m1/s1. The first-order valence-electron chi connectivity index (χ1n) is 12.9. The molecule has 0 fully saturated rings. The van der Waals surface area contributed by atoms with Crippen molar-refractivity contribution in [2.24, 2.45) is 5.10 Å². The number of nitrogens with zero attached hydrogens (tertiary/aromatic N) is 3. The van der Waals surface area contributed by atoms with E-state index in [4.69, 9.17) is 0 Å². The fourth-order valence-electron chi connectivity index (χ4n) is 4.63. The van der Waals surface area contributed by atoms with E-state index in [2.05, 4.69) is 26.5 Å². The molecule has 0 aliphatic rings. The number of carbonyl (C=O) groups excluding carboxylic acids is 2. The smallest absolute Gasteiger partial charge is 0.251 e. The molecule has 4 aromatic carbocycles. The molecule has 196 valence electrons. The van der Waals surface area contributed by atoms with E-state index in [0.717, 1.165) is 27.6 Å². The molecule has 0 radical (unpaired) electrons. The van der Waals surface area contributed by atoms with Crippen LogP contribution in [-0.4, -0.2) is 22.6 Å². The summed E-state index contributed by atoms with van der Waals surface area (Å²) in [4.78, 5) is 25.7. The van der Waals surface area contributed by atoms with Crippen LogP contribution in [0.5, 0.6) is 0 Å². The Labute approximate surface area is 232 Å². The predicted octanol–water partition coefficient (Wildman–Crippen LogP) is 5.57. The molecule has 0 aliphatic heterocycles. The van der Waals surface area contributed by atoms with Crippen molar-refractivity contribution in [1.29, 1.82) is 5.26 Å². The Morgan fingerprint density at radius 1 is 0.875 bits per heavy atom. The maximum atomic E-state index is 12.9. The number of amides is 2. The number of carbonyl (C=O) groups is 2. The van der Waals surface area contributed by atoms with Crippen molar-refractivity contribution in [2.75, 3.05) is 0 Å². The molecule has 1 aromatic heterocycles. The first kappa shape index (κ1) is 26.1. The highest BCUT2D eigenvalue weighted by atomic mass is 16.2. The lowest BCUT2D eigenvalue weighted by Crippen LogP contribution is -2.32. The molecule has 0 saturated carbocycles. The van der Waals surface area contributed by atoms with Crippen molar-refractivity contribution >= 4 is 28.9 Å². The van der Waals surface area contributed by atoms with Crippen molar-refractivity contribution in [2.45, 2.75) is 19.0 Å². The molecule has 7 heteroatoms. The van der Waals surface area contributed by atoms with Gasteiger partial charge < -0.3 is 9.88 Å². The van der Waals surface area contributed by atoms with Crippen LogP contribution < -0.4 is 10.7 Å². The molecule has 2 N–H and O–H groups in total. The third-order valence-electron chi connectivity index (χ3n) is 6.62. The van der Waals surface area contributed by atoms with Gasteiger partial charge in [-0.1, -0.05) is 84.9 Å². The average molecular weight is 526 g/mol. The molecule has 1 atom stereocenters. The zero-order chi connectivity index (χ0) is 27.7. The van der Waals surface area contributed by atoms with Crippen molar-refractivity contribution in [3.63, 3.8) is 0 Å². The largest absolute Gasteiger partial charge is 0.345 e. The van der Waals surface area contributed by atoms with Gasteiger partial charge in [0.25, 0.3) is 5.91 Å². The Balaban J connectivity index is 1.31. The average Bonchev–Trinajstić information content (AvgIpc) is 3.35. The van der Waals surface area contributed by atoms with Crippen LogP contribution in [0.3, 0.4) is 0 Å². The van der Waals surface area contributed by atoms with E-state index in [1.807, 2.05) is 91.1 Å². The maximum Gasteiger partial charge on any atom is 0.251 e. The van der Waals surface area contributed by atoms with Crippen LogP contribution in [0.2, 0.25) is 0 Å². The van der Waals surface area contributed by atoms with Gasteiger partial charge in [0.1, 0.15) is 0 Å². The molecule has 0 spiro atoms. The number of para-hydroxylation sites is 1. The van der Waals surface area contributed by atoms with E-state index in [-0.39, 0.29) is 18.2 Å². The molecule has 7 nitrogen and oxygen atoms in total. The van der Waals surface area contributed by atoms with Gasteiger partial charge in [-0.2, -0.15) is 10.4 Å². The lowest BCUT2D eigenvalue weighted by molar-refractivity contribution is -0.121. The summed E-state index contributed by atoms with van der Waals surface area (Å²) in [5, 5.41) is 17.7. The van der Waals surface area contributed by atoms with Crippen LogP contribution in [0.4, 0.5) is 0 Å². The Kier molecular flexibility index (Phi) is 8.09. The first-order chi connectivity index (χ1) is 19.6. The number of benzene rings is 4. The van der Waals surface area contributed by atoms with Crippen LogP contribution in [0.25, 0.3) is 10.9 Å². The minimum atomic E-state index is -0.522. The van der Waals surface area contributed by atoms with Gasteiger partial charge in [0.05, 0.1) is 30.3 Å². The lowest BCUT2D eigenvalue weighted by Gasteiger charge is -2.18. The third-order valence-corrected chi connectivity index (χ3v) is 6.62. The third kappa shape index (κ3) is 6.14. The predicted molar refractivity (Wildman–Crippen MR) is 156 cm³/mol. The number of hydrogen-bond donors (Lipinski definition) is 2. The quantitative estimate of drug-likeness (QED) is 0.194. The molecular formula is C33H27N5O2. The first-order valence-corrected chi connectivity index (χ1v) is 12.9. The van der Waals surface area contributed by atoms with E-state index in [0.29, 0.717) is 17.7 Å². The van der Waals surface area contributed by atoms with Crippen LogP contribution in [0.1, 0.15) is 45.1 Å². The number of nitrogens with one attached hydrogen (secondary N) is 2. The zero-order valence-corrected chi connectivity index (χ0v) is 21.7. The van der Waals surface area contributed by atoms with Gasteiger partial charge in [0.15, 0.2) is 0 Å².